The highest BCUT2D eigenvalue weighted by Crippen LogP contribution is 2.36. The van der Waals surface area contributed by atoms with Crippen LogP contribution in [-0.4, -0.2) is 119 Å². The normalized spacial score (nSPS) is 13.3. The van der Waals surface area contributed by atoms with Gasteiger partial charge in [-0.25, -0.2) is 9.97 Å². The van der Waals surface area contributed by atoms with Crippen LogP contribution in [0.5, 0.6) is 23.0 Å². The molecular weight excluding hydrogens is 865 g/mol. The number of nitrogens with zero attached hydrogens (tertiary/aromatic N) is 10. The van der Waals surface area contributed by atoms with Gasteiger partial charge in [-0.3, -0.25) is 9.59 Å². The molecule has 1 amide bonds. The van der Waals surface area contributed by atoms with Crippen LogP contribution in [0.25, 0.3) is 44.7 Å². The summed E-state index contributed by atoms with van der Waals surface area (Å²) in [6, 6.07) is 25.7. The third kappa shape index (κ3) is 9.88. The quantitative estimate of drug-likeness (QED) is 0.132. The van der Waals surface area contributed by atoms with E-state index in [-0.39, 0.29) is 29.6 Å². The van der Waals surface area contributed by atoms with Crippen LogP contribution in [0.4, 0.5) is 23.5 Å². The average molecular weight is 911 g/mol. The lowest BCUT2D eigenvalue weighted by atomic mass is 10.1. The molecule has 22 nitrogen and oxygen atoms in total. The summed E-state index contributed by atoms with van der Waals surface area (Å²) < 4.78 is 31.9. The van der Waals surface area contributed by atoms with Crippen LogP contribution < -0.4 is 51.3 Å². The van der Waals surface area contributed by atoms with E-state index in [1.54, 1.807) is 52.7 Å². The van der Waals surface area contributed by atoms with Gasteiger partial charge in [0.1, 0.15) is 11.6 Å². The summed E-state index contributed by atoms with van der Waals surface area (Å²) in [6.07, 6.45) is 0. The van der Waals surface area contributed by atoms with Crippen LogP contribution >= 0.6 is 0 Å². The molecule has 2 fully saturated rings. The maximum atomic E-state index is 12.5. The molecule has 6 heterocycles. The van der Waals surface area contributed by atoms with Crippen molar-refractivity contribution in [3.63, 3.8) is 0 Å². The number of nitrogens with two attached hydrogens (primary N) is 3. The molecule has 0 atom stereocenters. The van der Waals surface area contributed by atoms with E-state index in [1.807, 2.05) is 70.5 Å². The first-order valence-electron chi connectivity index (χ1n) is 20.7. The first-order valence-corrected chi connectivity index (χ1v) is 20.7. The lowest BCUT2D eigenvalue weighted by Gasteiger charge is -2.39. The van der Waals surface area contributed by atoms with Crippen molar-refractivity contribution in [1.82, 2.24) is 45.6 Å². The summed E-state index contributed by atoms with van der Waals surface area (Å²) >= 11 is 0. The Kier molecular flexibility index (Phi) is 13.2. The number of aromatic nitrogens is 8. The van der Waals surface area contributed by atoms with E-state index in [9.17, 15) is 9.59 Å². The Bertz CT molecular complexity index is 3030. The molecule has 0 aliphatic carbocycles. The van der Waals surface area contributed by atoms with E-state index in [4.69, 9.17) is 45.0 Å². The van der Waals surface area contributed by atoms with E-state index in [0.717, 1.165) is 35.1 Å². The summed E-state index contributed by atoms with van der Waals surface area (Å²) in [4.78, 5) is 45.2. The second-order valence-electron chi connectivity index (χ2n) is 15.1. The van der Waals surface area contributed by atoms with Crippen molar-refractivity contribution in [3.05, 3.63) is 96.7 Å². The maximum Gasteiger partial charge on any atom is 0.309 e. The number of hydrogen-bond donors (Lipinski definition) is 4. The van der Waals surface area contributed by atoms with Crippen molar-refractivity contribution in [2.24, 2.45) is 5.73 Å². The number of nitrogen functional groups attached to an aromatic ring is 2. The number of amides is 1. The topological polar surface area (TPSA) is 297 Å². The molecule has 67 heavy (non-hydrogen) atoms. The Morgan fingerprint density at radius 3 is 1.43 bits per heavy atom. The van der Waals surface area contributed by atoms with Gasteiger partial charge in [0.25, 0.3) is 5.89 Å². The van der Waals surface area contributed by atoms with Gasteiger partial charge in [0, 0.05) is 73.2 Å². The molecule has 7 N–H and O–H groups in total. The van der Waals surface area contributed by atoms with Crippen molar-refractivity contribution in [2.75, 3.05) is 75.9 Å². The Hall–Kier alpha value is -8.66. The first-order chi connectivity index (χ1) is 32.4. The van der Waals surface area contributed by atoms with E-state index in [1.165, 1.54) is 6.92 Å². The van der Waals surface area contributed by atoms with E-state index in [2.05, 4.69) is 45.6 Å². The number of rotatable bonds is 11. The fourth-order valence-corrected chi connectivity index (χ4v) is 6.95. The second-order valence-corrected chi connectivity index (χ2v) is 15.1. The Balaban J connectivity index is 0.000000151. The fraction of sp³-hybridized carbons (Fsp3) is 0.244. The number of Topliss-reactive ketones (excluding diaryl/α,β-unsaturated/α-hetero) is 1. The lowest BCUT2D eigenvalue weighted by Crippen LogP contribution is -2.60. The van der Waals surface area contributed by atoms with Crippen LogP contribution in [0.2, 0.25) is 0 Å². The van der Waals surface area contributed by atoms with Gasteiger partial charge in [-0.05, 0) is 36.4 Å². The number of benzene rings is 4. The molecule has 0 saturated carbocycles. The minimum absolute atomic E-state index is 0.0452. The highest BCUT2D eigenvalue weighted by atomic mass is 16.5. The predicted octanol–water partition coefficient (Wildman–Crippen LogP) is 4.21. The molecule has 344 valence electrons. The smallest absolute Gasteiger partial charge is 0.309 e. The number of carbonyl (C=O) groups is 2. The number of nitrogens with one attached hydrogen (secondary N) is 1. The van der Waals surface area contributed by atoms with Gasteiger partial charge in [-0.2, -0.15) is 9.97 Å². The minimum Gasteiger partial charge on any atom is -0.493 e. The SMILES string of the molecule is CC(=O)c1nnc(-c2ccccc2)o1.COc1cc2nc(N3CC(N)C3)nc(N)c2cc1OC.COc1cc2nc(N3CC(NC(=O)c4nnc(-c5ccccc5)o4)C3)nc(N)c2cc1OC. The standard InChI is InChI=1S/C22H21N7O4.C13H17N5O2.C10H8N2O2/c1-31-16-8-14-15(9-17(16)32-2)25-22(26-18(14)23)29-10-13(11-29)24-19(30)21-28-27-20(33-21)12-6-4-3-5-7-12;1-19-10-3-8-9(4-11(10)20-2)16-13(17-12(8)15)18-5-7(14)6-18;1-7(13)9-11-12-10(14-9)8-5-3-2-4-6-8/h3-9,13H,10-11H2,1-2H3,(H,24,30)(H2,23,25,26);3-4,7H,5-6,14H2,1-2H3,(H2,15,16,17);2-6H,1H3. The largest absolute Gasteiger partial charge is 0.493 e. The molecule has 2 aliphatic rings. The monoisotopic (exact) mass is 910 g/mol. The molecule has 8 aromatic rings. The van der Waals surface area contributed by atoms with E-state index >= 15 is 0 Å². The number of methoxy groups -OCH3 is 4. The molecule has 4 aromatic heterocycles. The molecule has 0 unspecified atom stereocenters. The van der Waals surface area contributed by atoms with Crippen molar-refractivity contribution in [2.45, 2.75) is 19.0 Å². The van der Waals surface area contributed by atoms with Crippen molar-refractivity contribution in [3.8, 4) is 45.9 Å². The fourth-order valence-electron chi connectivity index (χ4n) is 6.95. The van der Waals surface area contributed by atoms with Crippen LogP contribution in [0.15, 0.2) is 93.8 Å². The molecule has 2 aliphatic heterocycles. The van der Waals surface area contributed by atoms with Crippen molar-refractivity contribution < 1.29 is 37.4 Å². The van der Waals surface area contributed by atoms with Gasteiger partial charge in [0.15, 0.2) is 23.0 Å². The third-order valence-electron chi connectivity index (χ3n) is 10.5. The molecule has 4 aromatic carbocycles. The molecule has 0 radical (unpaired) electrons. The van der Waals surface area contributed by atoms with Crippen LogP contribution in [0.1, 0.15) is 28.3 Å². The Labute approximate surface area is 382 Å². The van der Waals surface area contributed by atoms with Crippen molar-refractivity contribution in [1.29, 1.82) is 0 Å². The second kappa shape index (κ2) is 19.6. The Morgan fingerprint density at radius 2 is 1.01 bits per heavy atom. The predicted molar refractivity (Wildman–Crippen MR) is 247 cm³/mol. The maximum absolute atomic E-state index is 12.5. The summed E-state index contributed by atoms with van der Waals surface area (Å²) in [7, 11) is 6.28. The average Bonchev–Trinajstić information content (AvgIpc) is 4.04. The number of anilines is 4. The van der Waals surface area contributed by atoms with E-state index in [0.29, 0.717) is 82.3 Å². The van der Waals surface area contributed by atoms with Gasteiger partial charge >= 0.3 is 11.8 Å². The van der Waals surface area contributed by atoms with Crippen LogP contribution in [0, 0.1) is 0 Å². The highest BCUT2D eigenvalue weighted by Gasteiger charge is 2.32. The van der Waals surface area contributed by atoms with Crippen molar-refractivity contribution >= 4 is 57.0 Å². The summed E-state index contributed by atoms with van der Waals surface area (Å²) in [5, 5.41) is 19.5. The van der Waals surface area contributed by atoms with Crippen LogP contribution in [-0.2, 0) is 0 Å². The zero-order valence-corrected chi connectivity index (χ0v) is 37.0. The Morgan fingerprint density at radius 1 is 0.597 bits per heavy atom. The number of hydrogen-bond acceptors (Lipinski definition) is 21. The van der Waals surface area contributed by atoms with Crippen LogP contribution in [0.3, 0.4) is 0 Å². The molecule has 0 spiro atoms. The zero-order valence-electron chi connectivity index (χ0n) is 37.0. The number of ketones is 1. The molecular formula is C45H46N14O8. The minimum atomic E-state index is -0.426. The summed E-state index contributed by atoms with van der Waals surface area (Å²) in [5.41, 5.74) is 20.9. The first kappa shape index (κ1) is 44.9. The molecule has 0 bridgehead atoms. The number of carbonyl (C=O) groups excluding carboxylic acids is 2. The summed E-state index contributed by atoms with van der Waals surface area (Å²) in [6.45, 7) is 3.92. The third-order valence-corrected chi connectivity index (χ3v) is 10.5. The lowest BCUT2D eigenvalue weighted by molar-refractivity contribution is 0.0894. The van der Waals surface area contributed by atoms with E-state index < -0.39 is 5.91 Å². The highest BCUT2D eigenvalue weighted by molar-refractivity contribution is 5.93. The van der Waals surface area contributed by atoms with Gasteiger partial charge in [-0.1, -0.05) is 36.4 Å². The number of fused-ring (bicyclic) bond motifs is 2. The number of ether oxygens (including phenoxy) is 4. The van der Waals surface area contributed by atoms with Gasteiger partial charge in [-0.15, -0.1) is 20.4 Å². The van der Waals surface area contributed by atoms with Gasteiger partial charge in [0.2, 0.25) is 29.5 Å². The zero-order chi connectivity index (χ0) is 47.2. The summed E-state index contributed by atoms with van der Waals surface area (Å²) in [5.74, 6) is 4.14. The molecule has 10 rings (SSSR count). The van der Waals surface area contributed by atoms with Gasteiger partial charge < -0.3 is 60.1 Å². The van der Waals surface area contributed by atoms with Gasteiger partial charge in [0.05, 0.1) is 45.5 Å². The molecule has 2 saturated heterocycles. The molecule has 22 heteroatoms.